The predicted octanol–water partition coefficient (Wildman–Crippen LogP) is 6.07. The van der Waals surface area contributed by atoms with Crippen molar-refractivity contribution >= 4 is 35.1 Å². The van der Waals surface area contributed by atoms with Crippen LogP contribution in [0.25, 0.3) is 11.1 Å². The van der Waals surface area contributed by atoms with Crippen LogP contribution in [0, 0.1) is 5.92 Å². The zero-order chi connectivity index (χ0) is 19.9. The summed E-state index contributed by atoms with van der Waals surface area (Å²) in [4.78, 5) is 25.1. The number of carbonyl (C=O) groups excluding carboxylic acids is 1. The Morgan fingerprint density at radius 2 is 1.43 bits per heavy atom. The number of hydrogen-bond acceptors (Lipinski definition) is 3. The molecule has 0 aliphatic heterocycles. The maximum Gasteiger partial charge on any atom is 0.307 e. The van der Waals surface area contributed by atoms with Gasteiger partial charge in [-0.3, -0.25) is 9.59 Å². The molecule has 0 heterocycles. The summed E-state index contributed by atoms with van der Waals surface area (Å²) in [6, 6.07) is 24.3. The Kier molecular flexibility index (Phi) is 6.90. The number of hydrogen-bond donors (Lipinski definition) is 1. The maximum atomic E-state index is 12.6. The summed E-state index contributed by atoms with van der Waals surface area (Å²) < 4.78 is 0. The van der Waals surface area contributed by atoms with Gasteiger partial charge in [-0.2, -0.15) is 0 Å². The summed E-state index contributed by atoms with van der Waals surface area (Å²) in [5, 5.41) is 10.2. The van der Waals surface area contributed by atoms with Crippen LogP contribution in [-0.2, 0) is 4.79 Å². The highest BCUT2D eigenvalue weighted by Gasteiger charge is 2.22. The molecule has 0 spiro atoms. The van der Waals surface area contributed by atoms with E-state index in [1.807, 2.05) is 66.7 Å². The molecule has 1 N–H and O–H groups in total. The van der Waals surface area contributed by atoms with Crippen LogP contribution >= 0.6 is 23.4 Å². The Balaban J connectivity index is 1.64. The van der Waals surface area contributed by atoms with Crippen LogP contribution in [0.5, 0.6) is 0 Å². The van der Waals surface area contributed by atoms with Gasteiger partial charge in [0, 0.05) is 27.7 Å². The second kappa shape index (κ2) is 9.58. The van der Waals surface area contributed by atoms with Crippen molar-refractivity contribution in [2.75, 3.05) is 5.75 Å². The minimum Gasteiger partial charge on any atom is -0.481 e. The number of aliphatic carboxylic acids is 1. The molecule has 0 amide bonds. The summed E-state index contributed by atoms with van der Waals surface area (Å²) in [5.41, 5.74) is 2.50. The lowest BCUT2D eigenvalue weighted by molar-refractivity contribution is -0.140. The van der Waals surface area contributed by atoms with Gasteiger partial charge in [-0.25, -0.2) is 0 Å². The molecule has 0 aromatic heterocycles. The Hall–Kier alpha value is -2.56. The van der Waals surface area contributed by atoms with Crippen molar-refractivity contribution in [3.8, 4) is 11.1 Å². The van der Waals surface area contributed by atoms with Crippen molar-refractivity contribution < 1.29 is 14.7 Å². The Morgan fingerprint density at radius 1 is 0.857 bits per heavy atom. The van der Waals surface area contributed by atoms with Gasteiger partial charge in [-0.1, -0.05) is 66.2 Å². The highest BCUT2D eigenvalue weighted by Crippen LogP contribution is 2.25. The normalized spacial score (nSPS) is 11.8. The quantitative estimate of drug-likeness (QED) is 0.361. The monoisotopic (exact) mass is 410 g/mol. The van der Waals surface area contributed by atoms with E-state index in [1.54, 1.807) is 12.1 Å². The first-order valence-electron chi connectivity index (χ1n) is 8.83. The number of benzene rings is 3. The molecule has 28 heavy (non-hydrogen) atoms. The van der Waals surface area contributed by atoms with Crippen LogP contribution in [0.2, 0.25) is 5.02 Å². The van der Waals surface area contributed by atoms with E-state index in [9.17, 15) is 14.7 Å². The lowest BCUT2D eigenvalue weighted by Gasteiger charge is -2.12. The van der Waals surface area contributed by atoms with Crippen molar-refractivity contribution in [2.45, 2.75) is 11.3 Å². The van der Waals surface area contributed by atoms with E-state index in [4.69, 9.17) is 11.6 Å². The highest BCUT2D eigenvalue weighted by atomic mass is 35.5. The molecule has 0 saturated heterocycles. The molecule has 142 valence electrons. The summed E-state index contributed by atoms with van der Waals surface area (Å²) in [6.07, 6.45) is -0.0184. The average Bonchev–Trinajstić information content (AvgIpc) is 2.72. The molecule has 3 rings (SSSR count). The fourth-order valence-corrected chi connectivity index (χ4v) is 3.89. The van der Waals surface area contributed by atoms with Gasteiger partial charge in [0.05, 0.1) is 5.92 Å². The number of carboxylic acids is 1. The number of Topliss-reactive ketones (excluding diaryl/α,β-unsaturated/α-hetero) is 1. The first kappa shape index (κ1) is 20.2. The van der Waals surface area contributed by atoms with Crippen molar-refractivity contribution in [1.29, 1.82) is 0 Å². The summed E-state index contributed by atoms with van der Waals surface area (Å²) >= 11 is 7.36. The van der Waals surface area contributed by atoms with Crippen molar-refractivity contribution in [1.82, 2.24) is 0 Å². The van der Waals surface area contributed by atoms with Crippen LogP contribution in [0.3, 0.4) is 0 Å². The van der Waals surface area contributed by atoms with E-state index >= 15 is 0 Å². The fourth-order valence-electron chi connectivity index (χ4n) is 2.76. The van der Waals surface area contributed by atoms with Crippen LogP contribution in [0.4, 0.5) is 0 Å². The molecule has 0 saturated carbocycles. The maximum absolute atomic E-state index is 12.6. The summed E-state index contributed by atoms with van der Waals surface area (Å²) in [6.45, 7) is 0. The standard InChI is InChI=1S/C23H19ClO3S/c24-20-12-10-17(11-13-20)16-6-8-18(9-7-16)22(25)14-19(23(26)27)15-28-21-4-2-1-3-5-21/h1-13,19H,14-15H2,(H,26,27)/t19-/m1/s1. The third-order valence-electron chi connectivity index (χ3n) is 4.36. The number of carbonyl (C=O) groups is 2. The summed E-state index contributed by atoms with van der Waals surface area (Å²) in [7, 11) is 0. The van der Waals surface area contributed by atoms with Crippen molar-refractivity contribution in [2.24, 2.45) is 5.92 Å². The van der Waals surface area contributed by atoms with Gasteiger partial charge < -0.3 is 5.11 Å². The first-order chi connectivity index (χ1) is 13.5. The number of rotatable bonds is 8. The number of halogens is 1. The molecule has 3 aromatic carbocycles. The van der Waals surface area contributed by atoms with Gasteiger partial charge in [0.1, 0.15) is 0 Å². The molecular weight excluding hydrogens is 392 g/mol. The largest absolute Gasteiger partial charge is 0.481 e. The Bertz CT molecular complexity index is 938. The highest BCUT2D eigenvalue weighted by molar-refractivity contribution is 7.99. The van der Waals surface area contributed by atoms with E-state index in [0.29, 0.717) is 16.3 Å². The zero-order valence-corrected chi connectivity index (χ0v) is 16.6. The van der Waals surface area contributed by atoms with E-state index in [1.165, 1.54) is 11.8 Å². The third-order valence-corrected chi connectivity index (χ3v) is 5.79. The molecule has 0 radical (unpaired) electrons. The SMILES string of the molecule is O=C(C[C@H](CSc1ccccc1)C(=O)O)c1ccc(-c2ccc(Cl)cc2)cc1. The minimum absolute atomic E-state index is 0.0184. The molecule has 0 bridgehead atoms. The van der Waals surface area contributed by atoms with E-state index < -0.39 is 11.9 Å². The smallest absolute Gasteiger partial charge is 0.307 e. The summed E-state index contributed by atoms with van der Waals surface area (Å²) in [5.74, 6) is -1.49. The minimum atomic E-state index is -0.949. The lowest BCUT2D eigenvalue weighted by Crippen LogP contribution is -2.20. The van der Waals surface area contributed by atoms with Gasteiger partial charge >= 0.3 is 5.97 Å². The Labute approximate surface area is 173 Å². The van der Waals surface area contributed by atoms with Crippen LogP contribution < -0.4 is 0 Å². The van der Waals surface area contributed by atoms with E-state index in [-0.39, 0.29) is 12.2 Å². The number of thioether (sulfide) groups is 1. The van der Waals surface area contributed by atoms with Gasteiger partial charge in [0.25, 0.3) is 0 Å². The average molecular weight is 411 g/mol. The van der Waals surface area contributed by atoms with Crippen molar-refractivity contribution in [3.63, 3.8) is 0 Å². The van der Waals surface area contributed by atoms with E-state index in [0.717, 1.165) is 16.0 Å². The number of carboxylic acid groups (broad SMARTS) is 1. The van der Waals surface area contributed by atoms with Gasteiger partial charge in [-0.15, -0.1) is 11.8 Å². The topological polar surface area (TPSA) is 54.4 Å². The van der Waals surface area contributed by atoms with Gasteiger partial charge in [0.2, 0.25) is 0 Å². The molecule has 0 fully saturated rings. The second-order valence-corrected chi connectivity index (χ2v) is 7.90. The Morgan fingerprint density at radius 3 is 2.00 bits per heavy atom. The second-order valence-electron chi connectivity index (χ2n) is 6.37. The van der Waals surface area contributed by atoms with Gasteiger partial charge in [0.15, 0.2) is 5.78 Å². The number of ketones is 1. The van der Waals surface area contributed by atoms with Crippen LogP contribution in [-0.4, -0.2) is 22.6 Å². The molecule has 3 aromatic rings. The molecule has 1 atom stereocenters. The zero-order valence-electron chi connectivity index (χ0n) is 15.0. The van der Waals surface area contributed by atoms with E-state index in [2.05, 4.69) is 0 Å². The predicted molar refractivity (Wildman–Crippen MR) is 114 cm³/mol. The van der Waals surface area contributed by atoms with Crippen LogP contribution in [0.1, 0.15) is 16.8 Å². The molecule has 3 nitrogen and oxygen atoms in total. The molecular formula is C23H19ClO3S. The lowest BCUT2D eigenvalue weighted by atomic mass is 9.97. The molecule has 0 unspecified atom stereocenters. The first-order valence-corrected chi connectivity index (χ1v) is 10.2. The molecule has 0 aliphatic rings. The fraction of sp³-hybridized carbons (Fsp3) is 0.130. The molecule has 0 aliphatic carbocycles. The van der Waals surface area contributed by atoms with Gasteiger partial charge in [-0.05, 0) is 35.4 Å². The molecule has 5 heteroatoms. The van der Waals surface area contributed by atoms with Crippen molar-refractivity contribution in [3.05, 3.63) is 89.4 Å². The van der Waals surface area contributed by atoms with Crippen LogP contribution in [0.15, 0.2) is 83.8 Å². The third kappa shape index (κ3) is 5.47.